The Labute approximate surface area is 93.8 Å². The van der Waals surface area contributed by atoms with Gasteiger partial charge in [0.05, 0.1) is 11.2 Å². The molecule has 0 radical (unpaired) electrons. The minimum atomic E-state index is -0.0116. The van der Waals surface area contributed by atoms with Gasteiger partial charge in [-0.2, -0.15) is 0 Å². The van der Waals surface area contributed by atoms with E-state index in [1.807, 2.05) is 0 Å². The van der Waals surface area contributed by atoms with Crippen LogP contribution in [0.25, 0.3) is 0 Å². The second-order valence-corrected chi connectivity index (χ2v) is 6.66. The van der Waals surface area contributed by atoms with Gasteiger partial charge in [-0.05, 0) is 52.9 Å². The fourth-order valence-electron chi connectivity index (χ4n) is 3.14. The molecule has 2 heteroatoms. The minimum Gasteiger partial charge on any atom is -0.368 e. The van der Waals surface area contributed by atoms with Crippen molar-refractivity contribution in [2.24, 2.45) is 5.92 Å². The molecule has 0 aromatic heterocycles. The summed E-state index contributed by atoms with van der Waals surface area (Å²) in [4.78, 5) is 0. The zero-order valence-electron chi connectivity index (χ0n) is 10.8. The van der Waals surface area contributed by atoms with Gasteiger partial charge in [-0.15, -0.1) is 0 Å². The third kappa shape index (κ3) is 2.36. The molecule has 1 aliphatic heterocycles. The molecule has 1 unspecified atom stereocenters. The Balaban J connectivity index is 1.92. The van der Waals surface area contributed by atoms with Crippen molar-refractivity contribution < 1.29 is 4.74 Å². The fraction of sp³-hybridized carbons (Fsp3) is 1.00. The summed E-state index contributed by atoms with van der Waals surface area (Å²) >= 11 is 0. The number of ether oxygens (including phenoxy) is 1. The maximum absolute atomic E-state index is 6.08. The monoisotopic (exact) mass is 211 g/mol. The molecule has 0 spiro atoms. The van der Waals surface area contributed by atoms with Crippen molar-refractivity contribution in [3.05, 3.63) is 0 Å². The maximum Gasteiger partial charge on any atom is 0.0787 e. The van der Waals surface area contributed by atoms with Gasteiger partial charge >= 0.3 is 0 Å². The molecular formula is C13H25NO. The molecule has 0 aromatic rings. The lowest BCUT2D eigenvalue weighted by Crippen LogP contribution is -2.51. The van der Waals surface area contributed by atoms with Crippen LogP contribution in [-0.4, -0.2) is 23.3 Å². The molecule has 0 amide bonds. The lowest BCUT2D eigenvalue weighted by Gasteiger charge is -2.38. The van der Waals surface area contributed by atoms with E-state index in [-0.39, 0.29) is 11.2 Å². The standard InChI is InChI=1S/C13H25NO/c1-9-6-10(7-9)14-11-8-12(2,3)15-13(11,4)5/h9-11,14H,6-8H2,1-5H3. The molecule has 1 N–H and O–H groups in total. The van der Waals surface area contributed by atoms with Gasteiger partial charge in [0, 0.05) is 12.1 Å². The van der Waals surface area contributed by atoms with E-state index >= 15 is 0 Å². The van der Waals surface area contributed by atoms with Gasteiger partial charge in [-0.3, -0.25) is 0 Å². The van der Waals surface area contributed by atoms with Crippen LogP contribution in [0.5, 0.6) is 0 Å². The highest BCUT2D eigenvalue weighted by Gasteiger charge is 2.47. The second-order valence-electron chi connectivity index (χ2n) is 6.66. The third-order valence-corrected chi connectivity index (χ3v) is 3.88. The molecule has 88 valence electrons. The Hall–Kier alpha value is -0.0800. The molecule has 2 aliphatic rings. The molecular weight excluding hydrogens is 186 g/mol. The molecule has 1 heterocycles. The van der Waals surface area contributed by atoms with Gasteiger partial charge < -0.3 is 10.1 Å². The highest BCUT2D eigenvalue weighted by atomic mass is 16.5. The van der Waals surface area contributed by atoms with Crippen LogP contribution in [0.2, 0.25) is 0 Å². The highest BCUT2D eigenvalue weighted by Crippen LogP contribution is 2.39. The van der Waals surface area contributed by atoms with Crippen LogP contribution in [0.4, 0.5) is 0 Å². The predicted molar refractivity (Wildman–Crippen MR) is 63.0 cm³/mol. The number of rotatable bonds is 2. The molecule has 1 atom stereocenters. The van der Waals surface area contributed by atoms with E-state index in [4.69, 9.17) is 4.74 Å². The Kier molecular flexibility index (Phi) is 2.63. The van der Waals surface area contributed by atoms with Crippen LogP contribution < -0.4 is 5.32 Å². The average molecular weight is 211 g/mol. The minimum absolute atomic E-state index is 0.0116. The second kappa shape index (κ2) is 3.46. The van der Waals surface area contributed by atoms with Gasteiger partial charge in [0.25, 0.3) is 0 Å². The van der Waals surface area contributed by atoms with Crippen LogP contribution in [0.1, 0.15) is 53.9 Å². The first kappa shape index (κ1) is 11.4. The number of nitrogens with one attached hydrogen (secondary N) is 1. The predicted octanol–water partition coefficient (Wildman–Crippen LogP) is 2.72. The molecule has 0 bridgehead atoms. The first-order valence-corrected chi connectivity index (χ1v) is 6.25. The van der Waals surface area contributed by atoms with Gasteiger partial charge in [-0.1, -0.05) is 6.92 Å². The summed E-state index contributed by atoms with van der Waals surface area (Å²) in [7, 11) is 0. The summed E-state index contributed by atoms with van der Waals surface area (Å²) in [5, 5.41) is 3.77. The van der Waals surface area contributed by atoms with E-state index in [9.17, 15) is 0 Å². The summed E-state index contributed by atoms with van der Waals surface area (Å²) in [6.07, 6.45) is 3.81. The molecule has 2 nitrogen and oxygen atoms in total. The molecule has 1 aliphatic carbocycles. The van der Waals surface area contributed by atoms with Crippen LogP contribution >= 0.6 is 0 Å². The molecule has 2 rings (SSSR count). The van der Waals surface area contributed by atoms with Crippen LogP contribution in [0, 0.1) is 5.92 Å². The number of hydrogen-bond acceptors (Lipinski definition) is 2. The summed E-state index contributed by atoms with van der Waals surface area (Å²) in [6, 6.07) is 1.26. The topological polar surface area (TPSA) is 21.3 Å². The van der Waals surface area contributed by atoms with E-state index in [1.54, 1.807) is 0 Å². The number of hydrogen-bond donors (Lipinski definition) is 1. The van der Waals surface area contributed by atoms with Gasteiger partial charge in [0.2, 0.25) is 0 Å². The molecule has 1 saturated heterocycles. The van der Waals surface area contributed by atoms with E-state index in [2.05, 4.69) is 39.9 Å². The largest absolute Gasteiger partial charge is 0.368 e. The summed E-state index contributed by atoms with van der Waals surface area (Å²) in [6.45, 7) is 11.1. The summed E-state index contributed by atoms with van der Waals surface area (Å²) in [5.74, 6) is 0.918. The molecule has 0 aromatic carbocycles. The highest BCUT2D eigenvalue weighted by molar-refractivity contribution is 5.01. The van der Waals surface area contributed by atoms with Crippen LogP contribution in [0.15, 0.2) is 0 Å². The van der Waals surface area contributed by atoms with Crippen LogP contribution in [-0.2, 0) is 4.74 Å². The lowest BCUT2D eigenvalue weighted by molar-refractivity contribution is -0.0713. The van der Waals surface area contributed by atoms with E-state index < -0.39 is 0 Å². The summed E-state index contributed by atoms with van der Waals surface area (Å²) in [5.41, 5.74) is 0.0266. The zero-order valence-corrected chi connectivity index (χ0v) is 10.8. The molecule has 2 fully saturated rings. The van der Waals surface area contributed by atoms with Crippen molar-refractivity contribution in [3.63, 3.8) is 0 Å². The zero-order chi connectivity index (χ0) is 11.3. The normalized spacial score (nSPS) is 42.6. The van der Waals surface area contributed by atoms with Crippen molar-refractivity contribution in [2.75, 3.05) is 0 Å². The van der Waals surface area contributed by atoms with Gasteiger partial charge in [0.15, 0.2) is 0 Å². The quantitative estimate of drug-likeness (QED) is 0.758. The van der Waals surface area contributed by atoms with Crippen molar-refractivity contribution in [3.8, 4) is 0 Å². The first-order chi connectivity index (χ1) is 6.78. The van der Waals surface area contributed by atoms with Crippen LogP contribution in [0.3, 0.4) is 0 Å². The van der Waals surface area contributed by atoms with Crippen molar-refractivity contribution in [1.29, 1.82) is 0 Å². The smallest absolute Gasteiger partial charge is 0.0787 e. The Morgan fingerprint density at radius 1 is 1.13 bits per heavy atom. The van der Waals surface area contributed by atoms with Crippen molar-refractivity contribution in [2.45, 2.75) is 77.2 Å². The Bertz CT molecular complexity index is 241. The molecule has 1 saturated carbocycles. The SMILES string of the molecule is CC1CC(NC2CC(C)(C)OC2(C)C)C1. The Morgan fingerprint density at radius 2 is 1.73 bits per heavy atom. The fourth-order valence-corrected chi connectivity index (χ4v) is 3.14. The van der Waals surface area contributed by atoms with E-state index in [0.717, 1.165) is 18.4 Å². The molecule has 15 heavy (non-hydrogen) atoms. The van der Waals surface area contributed by atoms with Crippen molar-refractivity contribution >= 4 is 0 Å². The summed E-state index contributed by atoms with van der Waals surface area (Å²) < 4.78 is 6.08. The Morgan fingerprint density at radius 3 is 2.13 bits per heavy atom. The third-order valence-electron chi connectivity index (χ3n) is 3.88. The maximum atomic E-state index is 6.08. The van der Waals surface area contributed by atoms with E-state index in [0.29, 0.717) is 6.04 Å². The van der Waals surface area contributed by atoms with E-state index in [1.165, 1.54) is 12.8 Å². The van der Waals surface area contributed by atoms with Gasteiger partial charge in [-0.25, -0.2) is 0 Å². The average Bonchev–Trinajstić information content (AvgIpc) is 2.16. The van der Waals surface area contributed by atoms with Gasteiger partial charge in [0.1, 0.15) is 0 Å². The van der Waals surface area contributed by atoms with Crippen molar-refractivity contribution in [1.82, 2.24) is 5.32 Å². The lowest BCUT2D eigenvalue weighted by atomic mass is 9.80. The first-order valence-electron chi connectivity index (χ1n) is 6.25.